The topological polar surface area (TPSA) is 46.2 Å². The van der Waals surface area contributed by atoms with E-state index in [4.69, 9.17) is 11.6 Å². The van der Waals surface area contributed by atoms with Crippen molar-refractivity contribution in [2.45, 2.75) is 17.9 Å². The van der Waals surface area contributed by atoms with Gasteiger partial charge >= 0.3 is 0 Å². The van der Waals surface area contributed by atoms with Gasteiger partial charge in [-0.2, -0.15) is 0 Å². The van der Waals surface area contributed by atoms with E-state index in [1.165, 1.54) is 0 Å². The lowest BCUT2D eigenvalue weighted by Crippen LogP contribution is -2.28. The van der Waals surface area contributed by atoms with Crippen LogP contribution in [0.5, 0.6) is 0 Å². The summed E-state index contributed by atoms with van der Waals surface area (Å²) >= 11 is 6.02. The van der Waals surface area contributed by atoms with Crippen molar-refractivity contribution in [3.8, 4) is 0 Å². The molecule has 2 aromatic rings. The molecule has 112 valence electrons. The van der Waals surface area contributed by atoms with Crippen LogP contribution in [0.4, 0.5) is 0 Å². The summed E-state index contributed by atoms with van der Waals surface area (Å²) in [6.07, 6.45) is 0. The van der Waals surface area contributed by atoms with Crippen LogP contribution in [0.2, 0.25) is 5.02 Å². The Bertz CT molecular complexity index is 686. The minimum atomic E-state index is -3.45. The van der Waals surface area contributed by atoms with E-state index in [0.717, 1.165) is 5.56 Å². The van der Waals surface area contributed by atoms with E-state index >= 15 is 0 Å². The molecule has 0 saturated heterocycles. The summed E-state index contributed by atoms with van der Waals surface area (Å²) in [5.41, 5.74) is 0.954. The summed E-state index contributed by atoms with van der Waals surface area (Å²) in [7, 11) is -3.45. The first-order chi connectivity index (χ1) is 10.0. The third kappa shape index (κ3) is 4.06. The fourth-order valence-corrected chi connectivity index (χ4v) is 4.28. The molecular weight excluding hydrogens is 306 g/mol. The van der Waals surface area contributed by atoms with Gasteiger partial charge in [0.2, 0.25) is 0 Å². The third-order valence-corrected chi connectivity index (χ3v) is 5.45. The van der Waals surface area contributed by atoms with E-state index in [1.54, 1.807) is 24.3 Å². The minimum Gasteiger partial charge on any atom is -0.309 e. The zero-order chi connectivity index (χ0) is 15.3. The molecule has 0 spiro atoms. The molecule has 2 aromatic carbocycles. The van der Waals surface area contributed by atoms with Crippen LogP contribution in [0.15, 0.2) is 59.5 Å². The first-order valence-corrected chi connectivity index (χ1v) is 8.83. The SMILES string of the molecule is CCNC(CS(=O)(=O)c1ccccc1Cl)c1ccccc1. The molecule has 0 fully saturated rings. The summed E-state index contributed by atoms with van der Waals surface area (Å²) in [4.78, 5) is 0.186. The Kier molecular flexibility index (Phi) is 5.39. The lowest BCUT2D eigenvalue weighted by Gasteiger charge is -2.18. The molecular formula is C16H18ClNO2S. The van der Waals surface area contributed by atoms with Gasteiger partial charge in [0.1, 0.15) is 0 Å². The van der Waals surface area contributed by atoms with E-state index in [9.17, 15) is 8.42 Å². The Morgan fingerprint density at radius 1 is 1.05 bits per heavy atom. The maximum absolute atomic E-state index is 12.6. The van der Waals surface area contributed by atoms with Gasteiger partial charge in [-0.3, -0.25) is 0 Å². The lowest BCUT2D eigenvalue weighted by atomic mass is 10.1. The van der Waals surface area contributed by atoms with E-state index in [0.29, 0.717) is 6.54 Å². The lowest BCUT2D eigenvalue weighted by molar-refractivity contribution is 0.559. The molecule has 3 nitrogen and oxygen atoms in total. The summed E-state index contributed by atoms with van der Waals surface area (Å²) in [6, 6.07) is 15.9. The van der Waals surface area contributed by atoms with E-state index in [1.807, 2.05) is 37.3 Å². The van der Waals surface area contributed by atoms with Gasteiger partial charge in [-0.1, -0.05) is 61.0 Å². The second-order valence-corrected chi connectivity index (χ2v) is 7.14. The minimum absolute atomic E-state index is 0.0193. The average molecular weight is 324 g/mol. The maximum Gasteiger partial charge on any atom is 0.181 e. The fraction of sp³-hybridized carbons (Fsp3) is 0.250. The standard InChI is InChI=1S/C16H18ClNO2S/c1-2-18-15(13-8-4-3-5-9-13)12-21(19,20)16-11-7-6-10-14(16)17/h3-11,15,18H,2,12H2,1H3. The van der Waals surface area contributed by atoms with Crippen LogP contribution in [0.25, 0.3) is 0 Å². The Balaban J connectivity index is 2.30. The molecule has 1 N–H and O–H groups in total. The Morgan fingerprint density at radius 3 is 2.29 bits per heavy atom. The van der Waals surface area contributed by atoms with Crippen LogP contribution >= 0.6 is 11.6 Å². The van der Waals surface area contributed by atoms with Crippen molar-refractivity contribution in [3.63, 3.8) is 0 Å². The molecule has 1 atom stereocenters. The average Bonchev–Trinajstić information content (AvgIpc) is 2.48. The third-order valence-electron chi connectivity index (χ3n) is 3.21. The molecule has 21 heavy (non-hydrogen) atoms. The molecule has 2 rings (SSSR count). The predicted molar refractivity (Wildman–Crippen MR) is 86.4 cm³/mol. The molecule has 0 saturated carbocycles. The number of halogens is 1. The van der Waals surface area contributed by atoms with Crippen LogP contribution in [0, 0.1) is 0 Å². The maximum atomic E-state index is 12.6. The second kappa shape index (κ2) is 7.07. The van der Waals surface area contributed by atoms with Crippen LogP contribution < -0.4 is 5.32 Å². The van der Waals surface area contributed by atoms with Crippen LogP contribution in [-0.2, 0) is 9.84 Å². The van der Waals surface area contributed by atoms with E-state index < -0.39 is 9.84 Å². The van der Waals surface area contributed by atoms with Gasteiger partial charge in [-0.15, -0.1) is 0 Å². The zero-order valence-corrected chi connectivity index (χ0v) is 13.4. The molecule has 0 heterocycles. The number of nitrogens with one attached hydrogen (secondary N) is 1. The van der Waals surface area contributed by atoms with E-state index in [2.05, 4.69) is 5.32 Å². The highest BCUT2D eigenvalue weighted by molar-refractivity contribution is 7.91. The molecule has 0 aliphatic carbocycles. The molecule has 0 aliphatic rings. The first kappa shape index (κ1) is 16.0. The molecule has 5 heteroatoms. The van der Waals surface area contributed by atoms with Crippen molar-refractivity contribution >= 4 is 21.4 Å². The highest BCUT2D eigenvalue weighted by atomic mass is 35.5. The molecule has 0 bridgehead atoms. The van der Waals surface area contributed by atoms with Crippen LogP contribution in [-0.4, -0.2) is 20.7 Å². The van der Waals surface area contributed by atoms with Crippen molar-refractivity contribution in [2.75, 3.05) is 12.3 Å². The van der Waals surface area contributed by atoms with Crippen molar-refractivity contribution in [3.05, 3.63) is 65.2 Å². The van der Waals surface area contributed by atoms with Gasteiger partial charge in [-0.25, -0.2) is 8.42 Å². The summed E-state index contributed by atoms with van der Waals surface area (Å²) in [5, 5.41) is 3.49. The van der Waals surface area contributed by atoms with Crippen LogP contribution in [0.1, 0.15) is 18.5 Å². The quantitative estimate of drug-likeness (QED) is 0.885. The van der Waals surface area contributed by atoms with Gasteiger partial charge in [0.05, 0.1) is 15.7 Å². The summed E-state index contributed by atoms with van der Waals surface area (Å²) in [5.74, 6) is -0.0193. The fourth-order valence-electron chi connectivity index (χ4n) is 2.21. The summed E-state index contributed by atoms with van der Waals surface area (Å²) < 4.78 is 25.2. The van der Waals surface area contributed by atoms with Gasteiger partial charge in [0.25, 0.3) is 0 Å². The smallest absolute Gasteiger partial charge is 0.181 e. The van der Waals surface area contributed by atoms with Gasteiger partial charge < -0.3 is 5.32 Å². The van der Waals surface area contributed by atoms with Gasteiger partial charge in [0.15, 0.2) is 9.84 Å². The normalized spacial score (nSPS) is 13.0. The van der Waals surface area contributed by atoms with Gasteiger partial charge in [0, 0.05) is 6.04 Å². The van der Waals surface area contributed by atoms with Crippen molar-refractivity contribution in [1.82, 2.24) is 5.32 Å². The van der Waals surface area contributed by atoms with E-state index in [-0.39, 0.29) is 21.7 Å². The Morgan fingerprint density at radius 2 is 1.67 bits per heavy atom. The number of hydrogen-bond donors (Lipinski definition) is 1. The Hall–Kier alpha value is -1.36. The number of rotatable bonds is 6. The molecule has 1 unspecified atom stereocenters. The highest BCUT2D eigenvalue weighted by Crippen LogP contribution is 2.25. The van der Waals surface area contributed by atoms with Gasteiger partial charge in [-0.05, 0) is 24.2 Å². The largest absolute Gasteiger partial charge is 0.309 e. The second-order valence-electron chi connectivity index (χ2n) is 4.73. The predicted octanol–water partition coefficient (Wildman–Crippen LogP) is 3.46. The van der Waals surface area contributed by atoms with Crippen LogP contribution in [0.3, 0.4) is 0 Å². The number of benzene rings is 2. The van der Waals surface area contributed by atoms with Crippen molar-refractivity contribution < 1.29 is 8.42 Å². The van der Waals surface area contributed by atoms with Crippen molar-refractivity contribution in [1.29, 1.82) is 0 Å². The zero-order valence-electron chi connectivity index (χ0n) is 11.8. The molecule has 0 amide bonds. The highest BCUT2D eigenvalue weighted by Gasteiger charge is 2.23. The monoisotopic (exact) mass is 323 g/mol. The molecule has 0 radical (unpaired) electrons. The number of hydrogen-bond acceptors (Lipinski definition) is 3. The Labute approximate surface area is 130 Å². The first-order valence-electron chi connectivity index (χ1n) is 6.80. The summed E-state index contributed by atoms with van der Waals surface area (Å²) in [6.45, 7) is 2.65. The van der Waals surface area contributed by atoms with Crippen molar-refractivity contribution in [2.24, 2.45) is 0 Å². The number of sulfone groups is 1. The molecule has 0 aliphatic heterocycles. The molecule has 0 aromatic heterocycles.